The highest BCUT2D eigenvalue weighted by atomic mass is 19.1. The highest BCUT2D eigenvalue weighted by Gasteiger charge is 2.50. The summed E-state index contributed by atoms with van der Waals surface area (Å²) in [6.45, 7) is 3.08. The maximum absolute atomic E-state index is 16.4. The third kappa shape index (κ3) is 5.20. The molecule has 9 rings (SSSR count). The third-order valence-electron chi connectivity index (χ3n) is 12.0. The lowest BCUT2D eigenvalue weighted by molar-refractivity contribution is 0.122. The second kappa shape index (κ2) is 13.1. The molecule has 0 bridgehead atoms. The fourth-order valence-corrected chi connectivity index (χ4v) is 9.51. The lowest BCUT2D eigenvalue weighted by atomic mass is 9.69. The molecule has 2 heterocycles. The van der Waals surface area contributed by atoms with E-state index in [1.165, 1.54) is 6.07 Å². The Morgan fingerprint density at radius 1 is 0.698 bits per heavy atom. The summed E-state index contributed by atoms with van der Waals surface area (Å²) < 4.78 is 62.1. The van der Waals surface area contributed by atoms with Gasteiger partial charge in [-0.05, 0) is 83.5 Å². The molecular formula is C45H43F2NO5. The van der Waals surface area contributed by atoms with Crippen LogP contribution in [0.2, 0.25) is 0 Å². The second-order valence-electron chi connectivity index (χ2n) is 14.6. The van der Waals surface area contributed by atoms with Crippen molar-refractivity contribution in [2.75, 3.05) is 52.5 Å². The van der Waals surface area contributed by atoms with Gasteiger partial charge in [0.25, 0.3) is 0 Å². The predicted octanol–water partition coefficient (Wildman–Crippen LogP) is 9.95. The quantitative estimate of drug-likeness (QED) is 0.175. The molecular weight excluding hydrogens is 672 g/mol. The van der Waals surface area contributed by atoms with Crippen LogP contribution in [-0.4, -0.2) is 47.6 Å². The topological polar surface area (TPSA) is 49.4 Å². The molecule has 1 unspecified atom stereocenters. The van der Waals surface area contributed by atoms with Crippen molar-refractivity contribution in [1.82, 2.24) is 0 Å². The summed E-state index contributed by atoms with van der Waals surface area (Å²) in [6.07, 6.45) is 9.88. The zero-order valence-electron chi connectivity index (χ0n) is 30.4. The number of anilines is 1. The molecule has 53 heavy (non-hydrogen) atoms. The van der Waals surface area contributed by atoms with E-state index in [9.17, 15) is 0 Å². The fraction of sp³-hybridized carbons (Fsp3) is 0.333. The van der Waals surface area contributed by atoms with E-state index in [2.05, 4.69) is 41.3 Å². The van der Waals surface area contributed by atoms with Crippen LogP contribution in [0.25, 0.3) is 28.0 Å². The summed E-state index contributed by atoms with van der Waals surface area (Å²) in [7, 11) is 4.88. The van der Waals surface area contributed by atoms with Crippen molar-refractivity contribution < 1.29 is 32.5 Å². The van der Waals surface area contributed by atoms with E-state index in [1.54, 1.807) is 21.3 Å². The summed E-state index contributed by atoms with van der Waals surface area (Å²) in [6, 6.07) is 23.1. The largest absolute Gasteiger partial charge is 0.497 e. The maximum Gasteiger partial charge on any atom is 0.178 e. The normalized spacial score (nSPS) is 20.0. The number of nitrogens with zero attached hydrogens (tertiary/aromatic N) is 1. The van der Waals surface area contributed by atoms with Gasteiger partial charge < -0.3 is 28.6 Å². The van der Waals surface area contributed by atoms with Gasteiger partial charge in [0.2, 0.25) is 0 Å². The molecule has 8 heteroatoms. The molecule has 5 aromatic carbocycles. The van der Waals surface area contributed by atoms with Crippen molar-refractivity contribution in [3.63, 3.8) is 0 Å². The van der Waals surface area contributed by atoms with Crippen molar-refractivity contribution in [3.05, 3.63) is 118 Å². The van der Waals surface area contributed by atoms with Gasteiger partial charge in [0, 0.05) is 57.9 Å². The lowest BCUT2D eigenvalue weighted by Gasteiger charge is -2.40. The SMILES string of the molecule is COc1ccc(C2(c3ccc(N4CCOCC4)cc3)C=Cc3c4c(c5cc(OC)c(OC)cc5c3O2)-c2cc(F)cc(F)c2C42CCCCCC2)cc1. The van der Waals surface area contributed by atoms with Gasteiger partial charge in [-0.25, -0.2) is 8.78 Å². The number of rotatable bonds is 6. The average molecular weight is 716 g/mol. The molecule has 0 amide bonds. The summed E-state index contributed by atoms with van der Waals surface area (Å²) in [5.74, 6) is 1.41. The van der Waals surface area contributed by atoms with Gasteiger partial charge in [-0.15, -0.1) is 0 Å². The van der Waals surface area contributed by atoms with Crippen LogP contribution in [-0.2, 0) is 15.8 Å². The highest BCUT2D eigenvalue weighted by Crippen LogP contribution is 2.63. The first-order valence-corrected chi connectivity index (χ1v) is 18.6. The van der Waals surface area contributed by atoms with Crippen molar-refractivity contribution >= 4 is 22.5 Å². The van der Waals surface area contributed by atoms with E-state index in [0.717, 1.165) is 108 Å². The molecule has 272 valence electrons. The van der Waals surface area contributed by atoms with Gasteiger partial charge in [-0.2, -0.15) is 0 Å². The number of halogens is 2. The molecule has 1 atom stereocenters. The van der Waals surface area contributed by atoms with Crippen molar-refractivity contribution in [1.29, 1.82) is 0 Å². The molecule has 4 aliphatic rings. The third-order valence-corrected chi connectivity index (χ3v) is 12.0. The second-order valence-corrected chi connectivity index (χ2v) is 14.6. The van der Waals surface area contributed by atoms with Crippen molar-refractivity contribution in [3.8, 4) is 34.1 Å². The number of morpholine rings is 1. The van der Waals surface area contributed by atoms with Crippen LogP contribution in [0.4, 0.5) is 14.5 Å². The summed E-state index contributed by atoms with van der Waals surface area (Å²) in [5, 5.41) is 1.59. The van der Waals surface area contributed by atoms with E-state index < -0.39 is 22.7 Å². The molecule has 2 aliphatic heterocycles. The smallest absolute Gasteiger partial charge is 0.178 e. The Kier molecular flexibility index (Phi) is 8.34. The fourth-order valence-electron chi connectivity index (χ4n) is 9.51. The van der Waals surface area contributed by atoms with E-state index >= 15 is 8.78 Å². The number of fused-ring (bicyclic) bond motifs is 10. The Balaban J connectivity index is 1.33. The van der Waals surface area contributed by atoms with Crippen LogP contribution in [0, 0.1) is 11.6 Å². The van der Waals surface area contributed by atoms with E-state index in [-0.39, 0.29) is 0 Å². The van der Waals surface area contributed by atoms with Crippen molar-refractivity contribution in [2.45, 2.75) is 49.5 Å². The number of ether oxygens (including phenoxy) is 5. The van der Waals surface area contributed by atoms with Gasteiger partial charge in [0.1, 0.15) is 23.1 Å². The molecule has 0 radical (unpaired) electrons. The Hall–Kier alpha value is -5.08. The van der Waals surface area contributed by atoms with Crippen LogP contribution >= 0.6 is 0 Å². The monoisotopic (exact) mass is 715 g/mol. The average Bonchev–Trinajstić information content (AvgIpc) is 3.30. The van der Waals surface area contributed by atoms with E-state index in [1.807, 2.05) is 36.4 Å². The lowest BCUT2D eigenvalue weighted by Crippen LogP contribution is -2.37. The van der Waals surface area contributed by atoms with Gasteiger partial charge in [-0.1, -0.05) is 56.0 Å². The first-order valence-electron chi connectivity index (χ1n) is 18.6. The zero-order valence-corrected chi connectivity index (χ0v) is 30.4. The molecule has 2 fully saturated rings. The van der Waals surface area contributed by atoms with E-state index in [4.69, 9.17) is 23.7 Å². The van der Waals surface area contributed by atoms with Crippen LogP contribution in [0.5, 0.6) is 23.0 Å². The Morgan fingerprint density at radius 3 is 1.98 bits per heavy atom. The number of methoxy groups -OCH3 is 3. The predicted molar refractivity (Wildman–Crippen MR) is 204 cm³/mol. The van der Waals surface area contributed by atoms with Crippen LogP contribution in [0.1, 0.15) is 66.3 Å². The maximum atomic E-state index is 16.4. The van der Waals surface area contributed by atoms with E-state index in [0.29, 0.717) is 41.6 Å². The number of hydrogen-bond acceptors (Lipinski definition) is 6. The van der Waals surface area contributed by atoms with Crippen molar-refractivity contribution in [2.24, 2.45) is 0 Å². The molecule has 1 spiro atoms. The minimum atomic E-state index is -1.03. The summed E-state index contributed by atoms with van der Waals surface area (Å²) in [4.78, 5) is 2.34. The molecule has 5 aromatic rings. The number of benzene rings is 5. The minimum absolute atomic E-state index is 0.492. The summed E-state index contributed by atoms with van der Waals surface area (Å²) in [5.41, 5.74) is 5.29. The molecule has 2 aliphatic carbocycles. The highest BCUT2D eigenvalue weighted by molar-refractivity contribution is 6.09. The Morgan fingerprint density at radius 2 is 1.34 bits per heavy atom. The summed E-state index contributed by atoms with van der Waals surface area (Å²) >= 11 is 0. The Labute approximate surface area is 308 Å². The van der Waals surface area contributed by atoms with Gasteiger partial charge in [0.15, 0.2) is 17.1 Å². The van der Waals surface area contributed by atoms with Gasteiger partial charge >= 0.3 is 0 Å². The minimum Gasteiger partial charge on any atom is -0.497 e. The first kappa shape index (κ1) is 33.7. The zero-order chi connectivity index (χ0) is 36.3. The molecule has 6 nitrogen and oxygen atoms in total. The van der Waals surface area contributed by atoms with Gasteiger partial charge in [-0.3, -0.25) is 0 Å². The van der Waals surface area contributed by atoms with Crippen LogP contribution in [0.3, 0.4) is 0 Å². The Bertz CT molecular complexity index is 2240. The molecule has 0 N–H and O–H groups in total. The number of hydrogen-bond donors (Lipinski definition) is 0. The van der Waals surface area contributed by atoms with Gasteiger partial charge in [0.05, 0.1) is 34.5 Å². The molecule has 1 saturated carbocycles. The molecule has 1 saturated heterocycles. The standard InChI is InChI=1S/C45H43F2NO5/c1-49-32-14-10-29(11-15-32)45(28-8-12-31(13-9-28)48-20-22-52-23-21-48)19-16-33-42-40(34-26-38(50-2)39(51-3)27-35(34)43(33)53-45)36-24-30(46)25-37(47)41(36)44(42)17-6-4-5-7-18-44/h8-16,19,24-27H,4-7,17-18,20-23H2,1-3H3. The first-order chi connectivity index (χ1) is 25.9. The van der Waals surface area contributed by atoms with Crippen LogP contribution < -0.4 is 23.8 Å². The molecule has 0 aromatic heterocycles. The van der Waals surface area contributed by atoms with Crippen LogP contribution in [0.15, 0.2) is 78.9 Å².